The van der Waals surface area contributed by atoms with E-state index < -0.39 is 0 Å². The van der Waals surface area contributed by atoms with Gasteiger partial charge in [-0.25, -0.2) is 5.43 Å². The summed E-state index contributed by atoms with van der Waals surface area (Å²) in [5.41, 5.74) is 3.48. The van der Waals surface area contributed by atoms with Crippen molar-refractivity contribution in [1.82, 2.24) is 5.43 Å². The van der Waals surface area contributed by atoms with Gasteiger partial charge in [0.2, 0.25) is 0 Å². The normalized spacial score (nSPS) is 10.5. The quantitative estimate of drug-likeness (QED) is 0.655. The Labute approximate surface area is 128 Å². The Hall–Kier alpha value is -3.02. The number of hydrazone groups is 1. The van der Waals surface area contributed by atoms with E-state index in [0.717, 1.165) is 0 Å². The molecule has 2 aromatic carbocycles. The number of rotatable bonds is 5. The highest BCUT2D eigenvalue weighted by atomic mass is 16.5. The molecule has 0 bridgehead atoms. The molecule has 0 unspecified atom stereocenters. The van der Waals surface area contributed by atoms with Crippen LogP contribution in [0.5, 0.6) is 17.2 Å². The van der Waals surface area contributed by atoms with Crippen molar-refractivity contribution < 1.29 is 19.4 Å². The lowest BCUT2D eigenvalue weighted by Crippen LogP contribution is -2.17. The molecule has 0 aromatic heterocycles. The number of hydrogen-bond donors (Lipinski definition) is 2. The van der Waals surface area contributed by atoms with E-state index in [2.05, 4.69) is 10.5 Å². The molecule has 0 spiro atoms. The summed E-state index contributed by atoms with van der Waals surface area (Å²) in [7, 11) is 3.02. The summed E-state index contributed by atoms with van der Waals surface area (Å²) >= 11 is 0. The van der Waals surface area contributed by atoms with Gasteiger partial charge in [0.05, 0.1) is 20.4 Å². The highest BCUT2D eigenvalue weighted by molar-refractivity contribution is 5.95. The van der Waals surface area contributed by atoms with Gasteiger partial charge in [0.15, 0.2) is 11.5 Å². The molecule has 0 radical (unpaired) electrons. The van der Waals surface area contributed by atoms with E-state index in [-0.39, 0.29) is 11.7 Å². The Kier molecular flexibility index (Phi) is 4.98. The lowest BCUT2D eigenvalue weighted by Gasteiger charge is -2.08. The molecular weight excluding hydrogens is 284 g/mol. The van der Waals surface area contributed by atoms with Gasteiger partial charge in [-0.1, -0.05) is 12.1 Å². The SMILES string of the molecule is COc1ccc(C(=O)N/N=C/c2cccc(O)c2)cc1OC. The second-order valence-corrected chi connectivity index (χ2v) is 4.36. The molecule has 2 rings (SSSR count). The minimum atomic E-state index is -0.377. The molecule has 2 aromatic rings. The number of carbonyl (C=O) groups is 1. The van der Waals surface area contributed by atoms with E-state index in [1.807, 2.05) is 0 Å². The predicted molar refractivity (Wildman–Crippen MR) is 82.7 cm³/mol. The van der Waals surface area contributed by atoms with E-state index in [1.54, 1.807) is 36.4 Å². The number of phenolic OH excluding ortho intramolecular Hbond substituents is 1. The molecule has 114 valence electrons. The lowest BCUT2D eigenvalue weighted by molar-refractivity contribution is 0.0954. The van der Waals surface area contributed by atoms with Gasteiger partial charge < -0.3 is 14.6 Å². The topological polar surface area (TPSA) is 80.2 Å². The number of carbonyl (C=O) groups excluding carboxylic acids is 1. The van der Waals surface area contributed by atoms with E-state index in [1.165, 1.54) is 26.5 Å². The molecule has 0 heterocycles. The predicted octanol–water partition coefficient (Wildman–Crippen LogP) is 2.17. The maximum atomic E-state index is 12.0. The number of phenols is 1. The number of amides is 1. The van der Waals surface area contributed by atoms with E-state index in [4.69, 9.17) is 9.47 Å². The Bertz CT molecular complexity index is 698. The molecule has 0 aliphatic heterocycles. The Morgan fingerprint density at radius 3 is 2.59 bits per heavy atom. The van der Waals surface area contributed by atoms with Crippen molar-refractivity contribution >= 4 is 12.1 Å². The molecule has 0 saturated heterocycles. The van der Waals surface area contributed by atoms with Crippen molar-refractivity contribution in [2.24, 2.45) is 5.10 Å². The van der Waals surface area contributed by atoms with Crippen molar-refractivity contribution in [3.63, 3.8) is 0 Å². The van der Waals surface area contributed by atoms with Gasteiger partial charge in [0, 0.05) is 5.56 Å². The molecule has 0 saturated carbocycles. The zero-order valence-corrected chi connectivity index (χ0v) is 12.2. The van der Waals surface area contributed by atoms with Gasteiger partial charge in [-0.05, 0) is 35.9 Å². The van der Waals surface area contributed by atoms with Crippen LogP contribution in [-0.2, 0) is 0 Å². The Morgan fingerprint density at radius 1 is 1.14 bits per heavy atom. The molecule has 0 aliphatic carbocycles. The summed E-state index contributed by atoms with van der Waals surface area (Å²) < 4.78 is 10.3. The highest BCUT2D eigenvalue weighted by Crippen LogP contribution is 2.27. The van der Waals surface area contributed by atoms with Crippen LogP contribution in [0.4, 0.5) is 0 Å². The van der Waals surface area contributed by atoms with Crippen molar-refractivity contribution in [2.45, 2.75) is 0 Å². The van der Waals surface area contributed by atoms with E-state index >= 15 is 0 Å². The summed E-state index contributed by atoms with van der Waals surface area (Å²) in [5, 5.41) is 13.2. The number of hydrogen-bond acceptors (Lipinski definition) is 5. The third kappa shape index (κ3) is 3.76. The third-order valence-electron chi connectivity index (χ3n) is 2.90. The monoisotopic (exact) mass is 300 g/mol. The van der Waals surface area contributed by atoms with Gasteiger partial charge in [-0.15, -0.1) is 0 Å². The van der Waals surface area contributed by atoms with Gasteiger partial charge in [0.25, 0.3) is 5.91 Å². The summed E-state index contributed by atoms with van der Waals surface area (Å²) in [6, 6.07) is 11.4. The molecule has 22 heavy (non-hydrogen) atoms. The molecular formula is C16H16N2O4. The molecule has 0 fully saturated rings. The molecule has 6 heteroatoms. The van der Waals surface area contributed by atoms with Crippen LogP contribution in [0, 0.1) is 0 Å². The second-order valence-electron chi connectivity index (χ2n) is 4.36. The average molecular weight is 300 g/mol. The van der Waals surface area contributed by atoms with Crippen molar-refractivity contribution in [2.75, 3.05) is 14.2 Å². The number of nitrogens with one attached hydrogen (secondary N) is 1. The summed E-state index contributed by atoms with van der Waals surface area (Å²) in [6.07, 6.45) is 1.44. The summed E-state index contributed by atoms with van der Waals surface area (Å²) in [6.45, 7) is 0. The smallest absolute Gasteiger partial charge is 0.271 e. The second kappa shape index (κ2) is 7.12. The zero-order chi connectivity index (χ0) is 15.9. The number of methoxy groups -OCH3 is 2. The van der Waals surface area contributed by atoms with E-state index in [0.29, 0.717) is 22.6 Å². The van der Waals surface area contributed by atoms with Crippen LogP contribution < -0.4 is 14.9 Å². The fourth-order valence-corrected chi connectivity index (χ4v) is 1.81. The maximum absolute atomic E-state index is 12.0. The van der Waals surface area contributed by atoms with Crippen LogP contribution in [0.15, 0.2) is 47.6 Å². The third-order valence-corrected chi connectivity index (χ3v) is 2.90. The number of ether oxygens (including phenoxy) is 2. The van der Waals surface area contributed by atoms with Gasteiger partial charge in [-0.2, -0.15) is 5.10 Å². The largest absolute Gasteiger partial charge is 0.508 e. The van der Waals surface area contributed by atoms with Crippen LogP contribution >= 0.6 is 0 Å². The van der Waals surface area contributed by atoms with Crippen LogP contribution in [0.3, 0.4) is 0 Å². The highest BCUT2D eigenvalue weighted by Gasteiger charge is 2.09. The fourth-order valence-electron chi connectivity index (χ4n) is 1.81. The van der Waals surface area contributed by atoms with Crippen LogP contribution in [-0.4, -0.2) is 31.4 Å². The summed E-state index contributed by atoms with van der Waals surface area (Å²) in [5.74, 6) is 0.766. The fraction of sp³-hybridized carbons (Fsp3) is 0.125. The molecule has 1 amide bonds. The number of nitrogens with zero attached hydrogens (tertiary/aromatic N) is 1. The minimum absolute atomic E-state index is 0.134. The first kappa shape index (κ1) is 15.4. The number of benzene rings is 2. The molecule has 6 nitrogen and oxygen atoms in total. The zero-order valence-electron chi connectivity index (χ0n) is 12.2. The molecule has 2 N–H and O–H groups in total. The van der Waals surface area contributed by atoms with Crippen molar-refractivity contribution in [3.8, 4) is 17.2 Å². The van der Waals surface area contributed by atoms with Crippen LogP contribution in [0.2, 0.25) is 0 Å². The first-order valence-corrected chi connectivity index (χ1v) is 6.48. The van der Waals surface area contributed by atoms with Crippen molar-refractivity contribution in [1.29, 1.82) is 0 Å². The van der Waals surface area contributed by atoms with Gasteiger partial charge in [-0.3, -0.25) is 4.79 Å². The van der Waals surface area contributed by atoms with Crippen molar-refractivity contribution in [3.05, 3.63) is 53.6 Å². The number of aromatic hydroxyl groups is 1. The molecule has 0 atom stereocenters. The first-order valence-electron chi connectivity index (χ1n) is 6.48. The van der Waals surface area contributed by atoms with E-state index in [9.17, 15) is 9.90 Å². The Morgan fingerprint density at radius 2 is 1.91 bits per heavy atom. The molecule has 0 aliphatic rings. The van der Waals surface area contributed by atoms with Gasteiger partial charge in [0.1, 0.15) is 5.75 Å². The maximum Gasteiger partial charge on any atom is 0.271 e. The standard InChI is InChI=1S/C16H16N2O4/c1-21-14-7-6-12(9-15(14)22-2)16(20)18-17-10-11-4-3-5-13(19)8-11/h3-10,19H,1-2H3,(H,18,20)/b17-10+. The minimum Gasteiger partial charge on any atom is -0.508 e. The van der Waals surface area contributed by atoms with Crippen LogP contribution in [0.25, 0.3) is 0 Å². The van der Waals surface area contributed by atoms with Crippen LogP contribution in [0.1, 0.15) is 15.9 Å². The average Bonchev–Trinajstić information content (AvgIpc) is 2.54. The lowest BCUT2D eigenvalue weighted by atomic mass is 10.2. The first-order chi connectivity index (χ1) is 10.6. The summed E-state index contributed by atoms with van der Waals surface area (Å²) in [4.78, 5) is 12.0. The Balaban J connectivity index is 2.06. The van der Waals surface area contributed by atoms with Gasteiger partial charge >= 0.3 is 0 Å².